The molecule has 3 heteroatoms. The molecule has 0 saturated heterocycles. The van der Waals surface area contributed by atoms with E-state index in [4.69, 9.17) is 0 Å². The van der Waals surface area contributed by atoms with Crippen molar-refractivity contribution in [3.63, 3.8) is 0 Å². The van der Waals surface area contributed by atoms with Crippen LogP contribution in [0, 0.1) is 0 Å². The van der Waals surface area contributed by atoms with Crippen LogP contribution in [0.15, 0.2) is 24.4 Å². The van der Waals surface area contributed by atoms with Crippen LogP contribution in [0.1, 0.15) is 18.7 Å². The van der Waals surface area contributed by atoms with Crippen LogP contribution >= 0.6 is 0 Å². The summed E-state index contributed by atoms with van der Waals surface area (Å²) < 4.78 is 4.56. The van der Waals surface area contributed by atoms with E-state index < -0.39 is 0 Å². The van der Waals surface area contributed by atoms with Gasteiger partial charge in [-0.3, -0.25) is 4.98 Å². The molecule has 0 N–H and O–H groups in total. The highest BCUT2D eigenvalue weighted by molar-refractivity contribution is 5.39. The lowest BCUT2D eigenvalue weighted by molar-refractivity contribution is 0.193. The van der Waals surface area contributed by atoms with E-state index >= 15 is 0 Å². The van der Waals surface area contributed by atoms with Crippen molar-refractivity contribution >= 4 is 6.47 Å². The van der Waals surface area contributed by atoms with Gasteiger partial charge < -0.3 is 4.74 Å². The van der Waals surface area contributed by atoms with E-state index in [1.54, 1.807) is 25.3 Å². The minimum atomic E-state index is -0.311. The Kier molecular flexibility index (Phi) is 2.60. The molecule has 0 amide bonds. The number of ether oxygens (including phenoxy) is 1. The summed E-state index contributed by atoms with van der Waals surface area (Å²) in [4.78, 5) is 13.8. The summed E-state index contributed by atoms with van der Waals surface area (Å²) in [5.41, 5.74) is 0.732. The largest absolute Gasteiger partial charge is 0.448 e. The van der Waals surface area contributed by atoms with E-state index in [9.17, 15) is 4.79 Å². The predicted octanol–water partition coefficient (Wildman–Crippen LogP) is 1.23. The van der Waals surface area contributed by atoms with Crippen LogP contribution in [0.4, 0.5) is 0 Å². The summed E-state index contributed by atoms with van der Waals surface area (Å²) in [7, 11) is 0. The van der Waals surface area contributed by atoms with Gasteiger partial charge in [0.2, 0.25) is 0 Å². The summed E-state index contributed by atoms with van der Waals surface area (Å²) in [6.45, 7) is 3.12. The number of hydrogen-bond acceptors (Lipinski definition) is 3. The fourth-order valence-corrected chi connectivity index (χ4v) is 0.749. The summed E-state index contributed by atoms with van der Waals surface area (Å²) in [5, 5.41) is 0. The van der Waals surface area contributed by atoms with Gasteiger partial charge in [-0.2, -0.15) is 0 Å². The Labute approximate surface area is 65.0 Å². The van der Waals surface area contributed by atoms with Crippen molar-refractivity contribution in [1.82, 2.24) is 4.98 Å². The number of pyridine rings is 1. The quantitative estimate of drug-likeness (QED) is 0.650. The SMILES string of the molecule is CC(O[C]=O)c1ccccn1. The minimum absolute atomic E-state index is 0.311. The Morgan fingerprint density at radius 1 is 1.64 bits per heavy atom. The fourth-order valence-electron chi connectivity index (χ4n) is 0.749. The summed E-state index contributed by atoms with van der Waals surface area (Å²) in [5.74, 6) is 0. The van der Waals surface area contributed by atoms with E-state index in [-0.39, 0.29) is 6.10 Å². The number of carbonyl (C=O) groups excluding carboxylic acids is 1. The molecule has 1 unspecified atom stereocenters. The van der Waals surface area contributed by atoms with E-state index in [0.717, 1.165) is 5.69 Å². The zero-order valence-electron chi connectivity index (χ0n) is 6.15. The minimum Gasteiger partial charge on any atom is -0.448 e. The van der Waals surface area contributed by atoms with E-state index in [1.807, 2.05) is 6.07 Å². The summed E-state index contributed by atoms with van der Waals surface area (Å²) in [6.07, 6.45) is 1.34. The van der Waals surface area contributed by atoms with Gasteiger partial charge in [-0.05, 0) is 19.1 Å². The lowest BCUT2D eigenvalue weighted by Gasteiger charge is -2.05. The zero-order valence-corrected chi connectivity index (χ0v) is 6.15. The number of hydrogen-bond donors (Lipinski definition) is 0. The summed E-state index contributed by atoms with van der Waals surface area (Å²) in [6, 6.07) is 5.44. The van der Waals surface area contributed by atoms with Crippen molar-refractivity contribution in [1.29, 1.82) is 0 Å². The third-order valence-corrected chi connectivity index (χ3v) is 1.33. The predicted molar refractivity (Wildman–Crippen MR) is 39.4 cm³/mol. The van der Waals surface area contributed by atoms with Crippen LogP contribution in [0.2, 0.25) is 0 Å². The van der Waals surface area contributed by atoms with Gasteiger partial charge in [0.05, 0.1) is 5.69 Å². The normalized spacial score (nSPS) is 12.1. The molecule has 3 nitrogen and oxygen atoms in total. The van der Waals surface area contributed by atoms with Gasteiger partial charge in [-0.1, -0.05) is 6.07 Å². The fraction of sp³-hybridized carbons (Fsp3) is 0.250. The standard InChI is InChI=1S/C8H8NO2/c1-7(11-6-10)8-4-2-3-5-9-8/h2-5,7H,1H3. The Morgan fingerprint density at radius 2 is 2.45 bits per heavy atom. The first kappa shape index (κ1) is 7.72. The van der Waals surface area contributed by atoms with Crippen molar-refractivity contribution < 1.29 is 9.53 Å². The third kappa shape index (κ3) is 2.04. The van der Waals surface area contributed by atoms with Gasteiger partial charge in [-0.15, -0.1) is 0 Å². The molecule has 1 aromatic heterocycles. The van der Waals surface area contributed by atoms with Crippen LogP contribution in [-0.4, -0.2) is 11.5 Å². The topological polar surface area (TPSA) is 39.2 Å². The lowest BCUT2D eigenvalue weighted by Crippen LogP contribution is -1.99. The van der Waals surface area contributed by atoms with Gasteiger partial charge in [0, 0.05) is 6.20 Å². The van der Waals surface area contributed by atoms with Crippen molar-refractivity contribution in [3.8, 4) is 0 Å². The van der Waals surface area contributed by atoms with E-state index in [0.29, 0.717) is 0 Å². The molecule has 57 valence electrons. The van der Waals surface area contributed by atoms with Crippen molar-refractivity contribution in [2.24, 2.45) is 0 Å². The first-order valence-corrected chi connectivity index (χ1v) is 3.28. The van der Waals surface area contributed by atoms with Crippen LogP contribution in [0.5, 0.6) is 0 Å². The Balaban J connectivity index is 2.68. The van der Waals surface area contributed by atoms with E-state index in [1.165, 1.54) is 6.47 Å². The maximum Gasteiger partial charge on any atom is 0.418 e. The zero-order chi connectivity index (χ0) is 8.10. The molecule has 0 spiro atoms. The Morgan fingerprint density at radius 3 is 3.00 bits per heavy atom. The molecule has 1 heterocycles. The molecule has 0 saturated carbocycles. The van der Waals surface area contributed by atoms with Crippen LogP contribution in [0.25, 0.3) is 0 Å². The molecule has 11 heavy (non-hydrogen) atoms. The van der Waals surface area contributed by atoms with Gasteiger partial charge in [0.1, 0.15) is 6.10 Å². The van der Waals surface area contributed by atoms with Crippen LogP contribution < -0.4 is 0 Å². The second-order valence-electron chi connectivity index (χ2n) is 2.10. The molecule has 1 radical (unpaired) electrons. The third-order valence-electron chi connectivity index (χ3n) is 1.33. The van der Waals surface area contributed by atoms with Gasteiger partial charge in [0.15, 0.2) is 0 Å². The van der Waals surface area contributed by atoms with Gasteiger partial charge in [0.25, 0.3) is 0 Å². The molecule has 1 rings (SSSR count). The van der Waals surface area contributed by atoms with Gasteiger partial charge >= 0.3 is 6.47 Å². The second kappa shape index (κ2) is 3.71. The average molecular weight is 150 g/mol. The van der Waals surface area contributed by atoms with Crippen molar-refractivity contribution in [3.05, 3.63) is 30.1 Å². The monoisotopic (exact) mass is 150 g/mol. The molecule has 1 aromatic rings. The Hall–Kier alpha value is -1.38. The first-order valence-electron chi connectivity index (χ1n) is 3.28. The molecule has 0 aromatic carbocycles. The molecule has 0 aliphatic carbocycles. The highest BCUT2D eigenvalue weighted by Gasteiger charge is 2.04. The highest BCUT2D eigenvalue weighted by Crippen LogP contribution is 2.10. The van der Waals surface area contributed by atoms with Crippen molar-refractivity contribution in [2.75, 3.05) is 0 Å². The number of nitrogens with zero attached hydrogens (tertiary/aromatic N) is 1. The van der Waals surface area contributed by atoms with Crippen molar-refractivity contribution in [2.45, 2.75) is 13.0 Å². The molecule has 0 bridgehead atoms. The molecule has 1 atom stereocenters. The molecular weight excluding hydrogens is 142 g/mol. The molecule has 0 aliphatic rings. The van der Waals surface area contributed by atoms with Gasteiger partial charge in [-0.25, -0.2) is 4.79 Å². The molecule has 0 aliphatic heterocycles. The maximum atomic E-state index is 9.81. The van der Waals surface area contributed by atoms with E-state index in [2.05, 4.69) is 9.72 Å². The number of rotatable bonds is 3. The lowest BCUT2D eigenvalue weighted by atomic mass is 10.2. The maximum absolute atomic E-state index is 9.81. The van der Waals surface area contributed by atoms with Crippen LogP contribution in [0.3, 0.4) is 0 Å². The summed E-state index contributed by atoms with van der Waals surface area (Å²) >= 11 is 0. The first-order chi connectivity index (χ1) is 5.34. The molecule has 0 fully saturated rings. The smallest absolute Gasteiger partial charge is 0.418 e. The molecular formula is C8H8NO2. The average Bonchev–Trinajstić information content (AvgIpc) is 2.07. The highest BCUT2D eigenvalue weighted by atomic mass is 16.5. The second-order valence-corrected chi connectivity index (χ2v) is 2.10. The van der Waals surface area contributed by atoms with Crippen LogP contribution in [-0.2, 0) is 9.53 Å². The number of aromatic nitrogens is 1. The Bertz CT molecular complexity index is 223.